The summed E-state index contributed by atoms with van der Waals surface area (Å²) in [4.78, 5) is 33.0. The van der Waals surface area contributed by atoms with E-state index in [2.05, 4.69) is 10.6 Å². The monoisotopic (exact) mass is 273 g/mol. The predicted molar refractivity (Wildman–Crippen MR) is 65.3 cm³/mol. The molecule has 8 nitrogen and oxygen atoms in total. The lowest BCUT2D eigenvalue weighted by molar-refractivity contribution is -0.140. The Morgan fingerprint density at radius 1 is 1.42 bits per heavy atom. The average molecular weight is 273 g/mol. The minimum atomic E-state index is -1.31. The van der Waals surface area contributed by atoms with Crippen molar-refractivity contribution in [1.82, 2.24) is 10.6 Å². The molecule has 0 aromatic carbocycles. The second-order valence-electron chi connectivity index (χ2n) is 4.42. The molecule has 0 radical (unpaired) electrons. The molecular weight excluding hydrogens is 254 g/mol. The summed E-state index contributed by atoms with van der Waals surface area (Å²) >= 11 is 0. The first kappa shape index (κ1) is 15.2. The molecular formula is C11H19N3O5. The van der Waals surface area contributed by atoms with Gasteiger partial charge in [-0.15, -0.1) is 0 Å². The van der Waals surface area contributed by atoms with Crippen molar-refractivity contribution in [2.24, 2.45) is 5.73 Å². The smallest absolute Gasteiger partial charge is 0.326 e. The zero-order valence-corrected chi connectivity index (χ0v) is 10.7. The quantitative estimate of drug-likeness (QED) is 0.481. The van der Waals surface area contributed by atoms with Gasteiger partial charge in [0.1, 0.15) is 6.04 Å². The van der Waals surface area contributed by atoms with Gasteiger partial charge in [-0.2, -0.15) is 0 Å². The zero-order valence-electron chi connectivity index (χ0n) is 10.7. The van der Waals surface area contributed by atoms with E-state index in [4.69, 9.17) is 15.6 Å². The van der Waals surface area contributed by atoms with E-state index in [1.807, 2.05) is 6.92 Å². The Hall–Kier alpha value is -1.83. The van der Waals surface area contributed by atoms with Crippen molar-refractivity contribution in [3.63, 3.8) is 0 Å². The molecule has 0 aromatic heterocycles. The maximum atomic E-state index is 11.5. The van der Waals surface area contributed by atoms with Crippen LogP contribution in [0.3, 0.4) is 0 Å². The molecule has 1 unspecified atom stereocenters. The second-order valence-corrected chi connectivity index (χ2v) is 4.42. The highest BCUT2D eigenvalue weighted by atomic mass is 16.5. The molecule has 1 atom stereocenters. The molecule has 0 bridgehead atoms. The predicted octanol–water partition coefficient (Wildman–Crippen LogP) is -0.818. The Morgan fingerprint density at radius 3 is 2.53 bits per heavy atom. The van der Waals surface area contributed by atoms with Gasteiger partial charge in [0.15, 0.2) is 0 Å². The highest BCUT2D eigenvalue weighted by Gasteiger charge is 2.31. The number of carbonyl (C=O) groups excluding carboxylic acids is 2. The Morgan fingerprint density at radius 2 is 2.05 bits per heavy atom. The molecule has 0 spiro atoms. The first-order chi connectivity index (χ1) is 8.92. The lowest BCUT2D eigenvalue weighted by Gasteiger charge is -2.35. The van der Waals surface area contributed by atoms with Crippen LogP contribution in [0.15, 0.2) is 0 Å². The minimum Gasteiger partial charge on any atom is -0.480 e. The summed E-state index contributed by atoms with van der Waals surface area (Å²) in [5.74, 6) is -2.08. The van der Waals surface area contributed by atoms with E-state index in [-0.39, 0.29) is 12.1 Å². The van der Waals surface area contributed by atoms with E-state index in [1.165, 1.54) is 0 Å². The zero-order chi connectivity index (χ0) is 14.4. The summed E-state index contributed by atoms with van der Waals surface area (Å²) in [5.41, 5.74) is 4.91. The van der Waals surface area contributed by atoms with Gasteiger partial charge in [0.05, 0.1) is 12.5 Å². The van der Waals surface area contributed by atoms with Gasteiger partial charge in [0.2, 0.25) is 5.91 Å². The Bertz CT molecular complexity index is 354. The van der Waals surface area contributed by atoms with E-state index < -0.39 is 30.4 Å². The van der Waals surface area contributed by atoms with Crippen molar-refractivity contribution in [3.8, 4) is 0 Å². The van der Waals surface area contributed by atoms with Crippen molar-refractivity contribution < 1.29 is 24.2 Å². The number of carboxylic acid groups (broad SMARTS) is 1. The van der Waals surface area contributed by atoms with Crippen LogP contribution < -0.4 is 16.4 Å². The van der Waals surface area contributed by atoms with Crippen LogP contribution in [0.5, 0.6) is 0 Å². The van der Waals surface area contributed by atoms with Gasteiger partial charge in [-0.25, -0.2) is 9.59 Å². The number of primary amides is 1. The van der Waals surface area contributed by atoms with E-state index in [0.29, 0.717) is 19.4 Å². The summed E-state index contributed by atoms with van der Waals surface area (Å²) < 4.78 is 5.33. The summed E-state index contributed by atoms with van der Waals surface area (Å²) in [6.45, 7) is 2.53. The number of ether oxygens (including phenoxy) is 1. The third-order valence-electron chi connectivity index (χ3n) is 2.84. The topological polar surface area (TPSA) is 131 Å². The van der Waals surface area contributed by atoms with E-state index in [0.717, 1.165) is 0 Å². The summed E-state index contributed by atoms with van der Waals surface area (Å²) in [5, 5.41) is 13.6. The van der Waals surface area contributed by atoms with Crippen molar-refractivity contribution >= 4 is 17.9 Å². The molecule has 1 rings (SSSR count). The summed E-state index contributed by atoms with van der Waals surface area (Å²) in [6.07, 6.45) is 1.12. The lowest BCUT2D eigenvalue weighted by atomic mass is 9.89. The van der Waals surface area contributed by atoms with Crippen molar-refractivity contribution in [2.75, 3.05) is 6.61 Å². The first-order valence-electron chi connectivity index (χ1n) is 6.12. The Balaban J connectivity index is 2.30. The number of rotatable bonds is 7. The van der Waals surface area contributed by atoms with Crippen molar-refractivity contribution in [3.05, 3.63) is 0 Å². The fourth-order valence-electron chi connectivity index (χ4n) is 1.84. The van der Waals surface area contributed by atoms with Crippen LogP contribution in [0.4, 0.5) is 4.79 Å². The molecule has 5 N–H and O–H groups in total. The SMILES string of the molecule is CCOC1CC(NC(=O)NC(CC(N)=O)C(=O)O)C1. The molecule has 0 aromatic rings. The molecule has 0 heterocycles. The largest absolute Gasteiger partial charge is 0.480 e. The number of nitrogens with one attached hydrogen (secondary N) is 2. The summed E-state index contributed by atoms with van der Waals surface area (Å²) in [7, 11) is 0. The van der Waals surface area contributed by atoms with Crippen LogP contribution in [0, 0.1) is 0 Å². The number of hydrogen-bond donors (Lipinski definition) is 4. The van der Waals surface area contributed by atoms with Gasteiger partial charge in [-0.3, -0.25) is 4.79 Å². The summed E-state index contributed by atoms with van der Waals surface area (Å²) in [6, 6.07) is -1.95. The van der Waals surface area contributed by atoms with Gasteiger partial charge in [0, 0.05) is 12.6 Å². The third-order valence-corrected chi connectivity index (χ3v) is 2.84. The Labute approximate surface area is 110 Å². The van der Waals surface area contributed by atoms with Gasteiger partial charge in [0.25, 0.3) is 0 Å². The van der Waals surface area contributed by atoms with Gasteiger partial charge in [-0.05, 0) is 19.8 Å². The lowest BCUT2D eigenvalue weighted by Crippen LogP contribution is -2.54. The number of carboxylic acids is 1. The van der Waals surface area contributed by atoms with E-state index >= 15 is 0 Å². The second kappa shape index (κ2) is 6.93. The average Bonchev–Trinajstić information content (AvgIpc) is 2.24. The molecule has 3 amide bonds. The Kier molecular flexibility index (Phi) is 5.56. The molecule has 1 saturated carbocycles. The fourth-order valence-corrected chi connectivity index (χ4v) is 1.84. The van der Waals surface area contributed by atoms with Gasteiger partial charge < -0.3 is 26.2 Å². The highest BCUT2D eigenvalue weighted by molar-refractivity contribution is 5.87. The number of amides is 3. The van der Waals surface area contributed by atoms with Crippen LogP contribution in [-0.4, -0.2) is 47.8 Å². The fraction of sp³-hybridized carbons (Fsp3) is 0.727. The highest BCUT2D eigenvalue weighted by Crippen LogP contribution is 2.22. The number of nitrogens with two attached hydrogens (primary N) is 1. The molecule has 8 heteroatoms. The van der Waals surface area contributed by atoms with Gasteiger partial charge >= 0.3 is 12.0 Å². The molecule has 0 saturated heterocycles. The maximum absolute atomic E-state index is 11.5. The number of aliphatic carboxylic acids is 1. The van der Waals surface area contributed by atoms with Gasteiger partial charge in [-0.1, -0.05) is 0 Å². The maximum Gasteiger partial charge on any atom is 0.326 e. The van der Waals surface area contributed by atoms with Crippen LogP contribution in [0.2, 0.25) is 0 Å². The van der Waals surface area contributed by atoms with E-state index in [9.17, 15) is 14.4 Å². The standard InChI is InChI=1S/C11H19N3O5/c1-2-19-7-3-6(4-7)13-11(18)14-8(10(16)17)5-9(12)15/h6-8H,2-5H2,1H3,(H2,12,15)(H,16,17)(H2,13,14,18). The third kappa shape index (κ3) is 5.12. The molecule has 1 fully saturated rings. The number of urea groups is 1. The first-order valence-corrected chi connectivity index (χ1v) is 6.12. The minimum absolute atomic E-state index is 0.0282. The molecule has 108 valence electrons. The number of carbonyl (C=O) groups is 3. The van der Waals surface area contributed by atoms with Crippen LogP contribution in [0.25, 0.3) is 0 Å². The van der Waals surface area contributed by atoms with Crippen LogP contribution in [-0.2, 0) is 14.3 Å². The molecule has 19 heavy (non-hydrogen) atoms. The van der Waals surface area contributed by atoms with E-state index in [1.54, 1.807) is 0 Å². The van der Waals surface area contributed by atoms with Crippen LogP contribution in [0.1, 0.15) is 26.2 Å². The molecule has 1 aliphatic rings. The number of hydrogen-bond acceptors (Lipinski definition) is 4. The normalized spacial score (nSPS) is 23.0. The van der Waals surface area contributed by atoms with Crippen LogP contribution >= 0.6 is 0 Å². The van der Waals surface area contributed by atoms with Crippen molar-refractivity contribution in [2.45, 2.75) is 44.4 Å². The van der Waals surface area contributed by atoms with Crippen molar-refractivity contribution in [1.29, 1.82) is 0 Å². The molecule has 1 aliphatic carbocycles. The molecule has 0 aliphatic heterocycles.